The molecule has 2 aromatic rings. The summed E-state index contributed by atoms with van der Waals surface area (Å²) in [4.78, 5) is 29.0. The van der Waals surface area contributed by atoms with Crippen LogP contribution in [0.4, 0.5) is 10.5 Å². The third-order valence-electron chi connectivity index (χ3n) is 9.45. The molecule has 0 unspecified atom stereocenters. The Balaban J connectivity index is 1.60. The van der Waals surface area contributed by atoms with Crippen molar-refractivity contribution in [3.05, 3.63) is 48.0 Å². The van der Waals surface area contributed by atoms with E-state index >= 15 is 0 Å². The summed E-state index contributed by atoms with van der Waals surface area (Å²) in [6.45, 7) is 5.99. The predicted octanol–water partition coefficient (Wildman–Crippen LogP) is 5.27. The lowest BCUT2D eigenvalue weighted by atomic mass is 9.96. The number of amides is 3. The fourth-order valence-electron chi connectivity index (χ4n) is 6.34. The van der Waals surface area contributed by atoms with Gasteiger partial charge in [-0.1, -0.05) is 26.2 Å². The normalized spacial score (nSPS) is 22.4. The second-order valence-electron chi connectivity index (χ2n) is 13.4. The van der Waals surface area contributed by atoms with E-state index in [1.807, 2.05) is 13.8 Å². The Morgan fingerprint density at radius 2 is 1.76 bits per heavy atom. The van der Waals surface area contributed by atoms with Crippen LogP contribution in [0.3, 0.4) is 0 Å². The number of aliphatic hydroxyl groups excluding tert-OH is 1. The molecular weight excluding hydrogens is 648 g/mol. The fraction of sp³-hybridized carbons (Fsp3) is 0.611. The number of aliphatic hydroxyl groups is 1. The molecule has 2 aromatic carbocycles. The molecule has 272 valence electrons. The number of carbonyl (C=O) groups excluding carboxylic acids is 2. The Bertz CT molecular complexity index is 1480. The molecule has 1 aliphatic heterocycles. The lowest BCUT2D eigenvalue weighted by Gasteiger charge is -2.35. The highest BCUT2D eigenvalue weighted by atomic mass is 32.2. The molecule has 0 aromatic heterocycles. The highest BCUT2D eigenvalue weighted by Crippen LogP contribution is 2.29. The monoisotopic (exact) mass is 702 g/mol. The maximum absolute atomic E-state index is 14.4. The summed E-state index contributed by atoms with van der Waals surface area (Å²) in [6, 6.07) is 10.5. The quantitative estimate of drug-likeness (QED) is 0.321. The number of sulfonamides is 1. The van der Waals surface area contributed by atoms with Gasteiger partial charge in [0.05, 0.1) is 42.4 Å². The molecular formula is C36H54N4O8S. The van der Waals surface area contributed by atoms with Crippen LogP contribution in [0, 0.1) is 5.92 Å². The highest BCUT2D eigenvalue weighted by molar-refractivity contribution is 7.89. The van der Waals surface area contributed by atoms with Crippen LogP contribution in [0.2, 0.25) is 0 Å². The van der Waals surface area contributed by atoms with Crippen LogP contribution in [0.1, 0.15) is 82.5 Å². The van der Waals surface area contributed by atoms with E-state index in [0.29, 0.717) is 30.2 Å². The van der Waals surface area contributed by atoms with Gasteiger partial charge in [0, 0.05) is 44.4 Å². The van der Waals surface area contributed by atoms with Crippen LogP contribution in [0.15, 0.2) is 47.4 Å². The van der Waals surface area contributed by atoms with Crippen LogP contribution in [-0.2, 0) is 14.8 Å². The summed E-state index contributed by atoms with van der Waals surface area (Å²) in [5.41, 5.74) is 0.720. The number of rotatable bonds is 9. The minimum atomic E-state index is -3.84. The molecule has 1 heterocycles. The van der Waals surface area contributed by atoms with Crippen molar-refractivity contribution in [2.24, 2.45) is 5.92 Å². The second kappa shape index (κ2) is 18.0. The van der Waals surface area contributed by atoms with E-state index in [1.54, 1.807) is 42.2 Å². The number of hydrogen-bond acceptors (Lipinski definition) is 8. The smallest absolute Gasteiger partial charge is 0.319 e. The van der Waals surface area contributed by atoms with Crippen molar-refractivity contribution in [2.75, 3.05) is 45.8 Å². The van der Waals surface area contributed by atoms with Crippen molar-refractivity contribution < 1.29 is 37.3 Å². The maximum atomic E-state index is 14.4. The number of nitrogens with one attached hydrogen (secondary N) is 2. The Kier molecular flexibility index (Phi) is 14.1. The van der Waals surface area contributed by atoms with Crippen LogP contribution in [-0.4, -0.2) is 99.4 Å². The molecule has 0 saturated heterocycles. The van der Waals surface area contributed by atoms with Gasteiger partial charge in [0.1, 0.15) is 11.5 Å². The standard InChI is InChI=1S/C36H54N4O8S/c1-25-22-40(26(2)24-41)35(42)32-21-29(38-36(43)37-28-12-7-6-8-13-28)14-19-33(32)48-27(3)11-9-10-20-47-34(25)23-39(4)49(44,45)31-17-15-30(46-5)16-18-31/h14-19,21,25-28,34,41H,6-13,20,22-24H2,1-5H3,(H2,37,38,43)/t25-,26-,27-,34+/m0/s1. The van der Waals surface area contributed by atoms with Gasteiger partial charge in [0.2, 0.25) is 10.0 Å². The lowest BCUT2D eigenvalue weighted by Crippen LogP contribution is -2.48. The molecule has 4 atom stereocenters. The second-order valence-corrected chi connectivity index (χ2v) is 15.5. The van der Waals surface area contributed by atoms with E-state index in [1.165, 1.54) is 37.0 Å². The minimum absolute atomic E-state index is 0.0609. The van der Waals surface area contributed by atoms with E-state index in [4.69, 9.17) is 14.2 Å². The van der Waals surface area contributed by atoms with E-state index in [2.05, 4.69) is 10.6 Å². The fourth-order valence-corrected chi connectivity index (χ4v) is 7.52. The number of nitrogens with zero attached hydrogens (tertiary/aromatic N) is 2. The van der Waals surface area contributed by atoms with Crippen molar-refractivity contribution in [3.8, 4) is 11.5 Å². The van der Waals surface area contributed by atoms with Crippen molar-refractivity contribution in [3.63, 3.8) is 0 Å². The molecule has 3 N–H and O–H groups in total. The average molecular weight is 703 g/mol. The summed E-state index contributed by atoms with van der Waals surface area (Å²) >= 11 is 0. The van der Waals surface area contributed by atoms with Crippen molar-refractivity contribution >= 4 is 27.6 Å². The third-order valence-corrected chi connectivity index (χ3v) is 11.3. The van der Waals surface area contributed by atoms with Gasteiger partial charge in [0.15, 0.2) is 0 Å². The Hall–Kier alpha value is -3.39. The third kappa shape index (κ3) is 10.6. The molecule has 49 heavy (non-hydrogen) atoms. The van der Waals surface area contributed by atoms with Gasteiger partial charge in [-0.2, -0.15) is 4.31 Å². The molecule has 1 aliphatic carbocycles. The Labute approximate surface area is 291 Å². The number of likely N-dealkylation sites (N-methyl/N-ethyl adjacent to an activating group) is 1. The number of benzene rings is 2. The van der Waals surface area contributed by atoms with E-state index in [0.717, 1.165) is 38.5 Å². The number of hydrogen-bond donors (Lipinski definition) is 3. The van der Waals surface area contributed by atoms with Crippen LogP contribution < -0.4 is 20.1 Å². The molecule has 0 radical (unpaired) electrons. The topological polar surface area (TPSA) is 147 Å². The van der Waals surface area contributed by atoms with Gasteiger partial charge < -0.3 is 34.9 Å². The van der Waals surface area contributed by atoms with Gasteiger partial charge in [-0.25, -0.2) is 13.2 Å². The first-order chi connectivity index (χ1) is 23.4. The summed E-state index contributed by atoms with van der Waals surface area (Å²) in [5.74, 6) is 0.259. The molecule has 2 aliphatic rings. The molecule has 4 rings (SSSR count). The summed E-state index contributed by atoms with van der Waals surface area (Å²) in [6.07, 6.45) is 6.76. The Morgan fingerprint density at radius 3 is 2.43 bits per heavy atom. The van der Waals surface area contributed by atoms with Crippen LogP contribution >= 0.6 is 0 Å². The van der Waals surface area contributed by atoms with Gasteiger partial charge in [-0.3, -0.25) is 4.79 Å². The van der Waals surface area contributed by atoms with E-state index < -0.39 is 22.2 Å². The first-order valence-electron chi connectivity index (χ1n) is 17.4. The van der Waals surface area contributed by atoms with E-state index in [-0.39, 0.29) is 60.2 Å². The van der Waals surface area contributed by atoms with Crippen molar-refractivity contribution in [1.82, 2.24) is 14.5 Å². The summed E-state index contributed by atoms with van der Waals surface area (Å²) < 4.78 is 46.1. The molecule has 0 spiro atoms. The summed E-state index contributed by atoms with van der Waals surface area (Å²) in [7, 11) is -0.801. The summed E-state index contributed by atoms with van der Waals surface area (Å²) in [5, 5.41) is 16.2. The number of ether oxygens (including phenoxy) is 3. The number of urea groups is 1. The largest absolute Gasteiger partial charge is 0.497 e. The maximum Gasteiger partial charge on any atom is 0.319 e. The van der Waals surface area contributed by atoms with Gasteiger partial charge in [0.25, 0.3) is 5.91 Å². The molecule has 1 fully saturated rings. The van der Waals surface area contributed by atoms with Gasteiger partial charge >= 0.3 is 6.03 Å². The zero-order chi connectivity index (χ0) is 35.6. The van der Waals surface area contributed by atoms with Gasteiger partial charge in [-0.05, 0) is 88.4 Å². The van der Waals surface area contributed by atoms with E-state index in [9.17, 15) is 23.1 Å². The zero-order valence-electron chi connectivity index (χ0n) is 29.5. The molecule has 13 heteroatoms. The molecule has 1 saturated carbocycles. The molecule has 12 nitrogen and oxygen atoms in total. The minimum Gasteiger partial charge on any atom is -0.497 e. The number of anilines is 1. The van der Waals surface area contributed by atoms with Crippen LogP contribution in [0.25, 0.3) is 0 Å². The zero-order valence-corrected chi connectivity index (χ0v) is 30.3. The SMILES string of the molecule is COc1ccc(S(=O)(=O)N(C)C[C@H]2OCCCC[C@H](C)Oc3ccc(NC(=O)NC4CCCCC4)cc3C(=O)N([C@@H](C)CO)C[C@@H]2C)cc1. The lowest BCUT2D eigenvalue weighted by molar-refractivity contribution is -0.00834. The Morgan fingerprint density at radius 1 is 1.06 bits per heavy atom. The first kappa shape index (κ1) is 38.4. The highest BCUT2D eigenvalue weighted by Gasteiger charge is 2.32. The first-order valence-corrected chi connectivity index (χ1v) is 18.9. The van der Waals surface area contributed by atoms with Crippen molar-refractivity contribution in [1.29, 1.82) is 0 Å². The average Bonchev–Trinajstić information content (AvgIpc) is 3.09. The number of methoxy groups -OCH3 is 1. The van der Waals surface area contributed by atoms with Crippen molar-refractivity contribution in [2.45, 2.75) is 101 Å². The number of fused-ring (bicyclic) bond motifs is 1. The predicted molar refractivity (Wildman–Crippen MR) is 189 cm³/mol. The van der Waals surface area contributed by atoms with Crippen LogP contribution in [0.5, 0.6) is 11.5 Å². The molecule has 3 amide bonds. The molecule has 0 bridgehead atoms. The number of carbonyl (C=O) groups is 2. The van der Waals surface area contributed by atoms with Gasteiger partial charge in [-0.15, -0.1) is 0 Å².